The van der Waals surface area contributed by atoms with Crippen LogP contribution in [0, 0.1) is 0 Å². The SMILES string of the molecule is O=c1c2ccccc2ncn1C[NH+]1CC[NH+](Cc2ccc3c(c2)OCO3)CC1. The first-order chi connectivity index (χ1) is 13.8. The minimum absolute atomic E-state index is 0.0493. The van der Waals surface area contributed by atoms with Gasteiger partial charge in [0.15, 0.2) is 18.2 Å². The number of ether oxygens (including phenoxy) is 2. The quantitative estimate of drug-likeness (QED) is 0.614. The molecule has 28 heavy (non-hydrogen) atoms. The Kier molecular flexibility index (Phi) is 4.46. The van der Waals surface area contributed by atoms with Crippen LogP contribution in [0.1, 0.15) is 5.56 Å². The van der Waals surface area contributed by atoms with E-state index in [2.05, 4.69) is 17.1 Å². The molecule has 3 heterocycles. The molecule has 0 bridgehead atoms. The van der Waals surface area contributed by atoms with Crippen LogP contribution in [-0.4, -0.2) is 42.5 Å². The van der Waals surface area contributed by atoms with E-state index in [4.69, 9.17) is 9.47 Å². The van der Waals surface area contributed by atoms with E-state index < -0.39 is 0 Å². The number of aromatic nitrogens is 2. The second-order valence-electron chi connectivity index (χ2n) is 7.56. The van der Waals surface area contributed by atoms with E-state index in [9.17, 15) is 4.79 Å². The van der Waals surface area contributed by atoms with E-state index in [1.807, 2.05) is 30.3 Å². The molecule has 2 N–H and O–H groups in total. The summed E-state index contributed by atoms with van der Waals surface area (Å²) in [6.45, 7) is 6.23. The minimum Gasteiger partial charge on any atom is -0.454 e. The van der Waals surface area contributed by atoms with Gasteiger partial charge in [0.1, 0.15) is 39.1 Å². The summed E-state index contributed by atoms with van der Waals surface area (Å²) < 4.78 is 12.6. The van der Waals surface area contributed by atoms with Gasteiger partial charge in [-0.05, 0) is 30.3 Å². The number of hydrogen-bond acceptors (Lipinski definition) is 4. The van der Waals surface area contributed by atoms with E-state index in [0.29, 0.717) is 18.8 Å². The molecule has 0 amide bonds. The van der Waals surface area contributed by atoms with Crippen LogP contribution in [0.15, 0.2) is 53.6 Å². The maximum absolute atomic E-state index is 12.7. The Balaban J connectivity index is 1.21. The number of fused-ring (bicyclic) bond motifs is 2. The number of benzene rings is 2. The third-order valence-corrected chi connectivity index (χ3v) is 5.68. The van der Waals surface area contributed by atoms with Crippen LogP contribution in [0.2, 0.25) is 0 Å². The monoisotopic (exact) mass is 380 g/mol. The molecule has 0 unspecified atom stereocenters. The van der Waals surface area contributed by atoms with Gasteiger partial charge >= 0.3 is 0 Å². The van der Waals surface area contributed by atoms with Gasteiger partial charge in [0.05, 0.1) is 10.9 Å². The van der Waals surface area contributed by atoms with E-state index in [0.717, 1.165) is 49.7 Å². The van der Waals surface area contributed by atoms with Crippen molar-refractivity contribution in [2.75, 3.05) is 33.0 Å². The molecular weight excluding hydrogens is 356 g/mol. The van der Waals surface area contributed by atoms with Crippen molar-refractivity contribution in [2.45, 2.75) is 13.2 Å². The Hall–Kier alpha value is -2.90. The summed E-state index contributed by atoms with van der Waals surface area (Å²) in [5, 5.41) is 0.691. The van der Waals surface area contributed by atoms with Gasteiger partial charge in [0.2, 0.25) is 6.79 Å². The average Bonchev–Trinajstić information content (AvgIpc) is 3.20. The number of hydrogen-bond donors (Lipinski definition) is 2. The van der Waals surface area contributed by atoms with E-state index in [-0.39, 0.29) is 5.56 Å². The summed E-state index contributed by atoms with van der Waals surface area (Å²) in [5.74, 6) is 1.69. The van der Waals surface area contributed by atoms with E-state index in [1.54, 1.807) is 15.8 Å². The van der Waals surface area contributed by atoms with Crippen LogP contribution in [0.3, 0.4) is 0 Å². The average molecular weight is 380 g/mol. The first-order valence-corrected chi connectivity index (χ1v) is 9.76. The van der Waals surface area contributed by atoms with Gasteiger partial charge in [-0.25, -0.2) is 9.55 Å². The number of quaternary nitrogens is 2. The predicted molar refractivity (Wildman–Crippen MR) is 104 cm³/mol. The molecule has 1 fully saturated rings. The van der Waals surface area contributed by atoms with Crippen molar-refractivity contribution in [1.29, 1.82) is 0 Å². The molecule has 144 valence electrons. The number of piperazine rings is 1. The van der Waals surface area contributed by atoms with Gasteiger partial charge < -0.3 is 19.3 Å². The normalized spacial score (nSPS) is 21.1. The van der Waals surface area contributed by atoms with Crippen molar-refractivity contribution >= 4 is 10.9 Å². The molecule has 1 aromatic heterocycles. The maximum Gasteiger partial charge on any atom is 0.265 e. The summed E-state index contributed by atoms with van der Waals surface area (Å²) in [6.07, 6.45) is 1.68. The second kappa shape index (κ2) is 7.26. The molecule has 5 rings (SSSR count). The van der Waals surface area contributed by atoms with Crippen molar-refractivity contribution in [3.8, 4) is 11.5 Å². The maximum atomic E-state index is 12.7. The van der Waals surface area contributed by atoms with E-state index >= 15 is 0 Å². The van der Waals surface area contributed by atoms with Gasteiger partial charge in [-0.15, -0.1) is 0 Å². The third kappa shape index (κ3) is 3.34. The predicted octanol–water partition coefficient (Wildman–Crippen LogP) is -0.934. The van der Waals surface area contributed by atoms with Gasteiger partial charge in [0, 0.05) is 5.56 Å². The van der Waals surface area contributed by atoms with Crippen molar-refractivity contribution < 1.29 is 19.3 Å². The van der Waals surface area contributed by atoms with Crippen LogP contribution in [-0.2, 0) is 13.2 Å². The molecule has 7 nitrogen and oxygen atoms in total. The topological polar surface area (TPSA) is 62.2 Å². The van der Waals surface area contributed by atoms with Crippen LogP contribution >= 0.6 is 0 Å². The number of nitrogens with one attached hydrogen (secondary N) is 2. The highest BCUT2D eigenvalue weighted by atomic mass is 16.7. The van der Waals surface area contributed by atoms with Crippen molar-refractivity contribution in [3.63, 3.8) is 0 Å². The summed E-state index contributed by atoms with van der Waals surface area (Å²) in [4.78, 5) is 20.1. The van der Waals surface area contributed by atoms with Crippen LogP contribution in [0.25, 0.3) is 10.9 Å². The van der Waals surface area contributed by atoms with Crippen LogP contribution in [0.5, 0.6) is 11.5 Å². The van der Waals surface area contributed by atoms with Crippen molar-refractivity contribution in [3.05, 3.63) is 64.7 Å². The highest BCUT2D eigenvalue weighted by molar-refractivity contribution is 5.76. The molecule has 0 aliphatic carbocycles. The van der Waals surface area contributed by atoms with Gasteiger partial charge in [-0.1, -0.05) is 12.1 Å². The molecular formula is C21H24N4O3+2. The molecule has 2 aliphatic heterocycles. The zero-order valence-electron chi connectivity index (χ0n) is 15.7. The van der Waals surface area contributed by atoms with Gasteiger partial charge in [0.25, 0.3) is 5.56 Å². The van der Waals surface area contributed by atoms with Crippen LogP contribution < -0.4 is 24.8 Å². The fourth-order valence-electron chi connectivity index (χ4n) is 4.09. The molecule has 3 aromatic rings. The highest BCUT2D eigenvalue weighted by Crippen LogP contribution is 2.32. The summed E-state index contributed by atoms with van der Waals surface area (Å²) in [7, 11) is 0. The van der Waals surface area contributed by atoms with Gasteiger partial charge in [-0.3, -0.25) is 4.79 Å². The Labute approximate surface area is 162 Å². The molecule has 2 aliphatic rings. The van der Waals surface area contributed by atoms with Crippen molar-refractivity contribution in [2.24, 2.45) is 0 Å². The second-order valence-corrected chi connectivity index (χ2v) is 7.56. The fourth-order valence-corrected chi connectivity index (χ4v) is 4.09. The number of para-hydroxylation sites is 1. The number of nitrogens with zero attached hydrogens (tertiary/aromatic N) is 2. The van der Waals surface area contributed by atoms with Crippen LogP contribution in [0.4, 0.5) is 0 Å². The zero-order valence-corrected chi connectivity index (χ0v) is 15.7. The molecule has 1 saturated heterocycles. The molecule has 7 heteroatoms. The zero-order chi connectivity index (χ0) is 18.9. The lowest BCUT2D eigenvalue weighted by atomic mass is 10.1. The lowest BCUT2D eigenvalue weighted by molar-refractivity contribution is -1.03. The Bertz CT molecular complexity index is 1060. The molecule has 0 atom stereocenters. The number of rotatable bonds is 4. The molecule has 2 aromatic carbocycles. The first kappa shape index (κ1) is 17.2. The molecule has 0 radical (unpaired) electrons. The van der Waals surface area contributed by atoms with Crippen molar-refractivity contribution in [1.82, 2.24) is 9.55 Å². The fraction of sp³-hybridized carbons (Fsp3) is 0.333. The van der Waals surface area contributed by atoms with E-state index in [1.165, 1.54) is 10.5 Å². The highest BCUT2D eigenvalue weighted by Gasteiger charge is 2.24. The standard InChI is InChI=1S/C21H22N4O3/c26-21-17-3-1-2-4-18(17)22-13-25(21)14-24-9-7-23(8-10-24)12-16-5-6-19-20(11-16)28-15-27-19/h1-6,11,13H,7-10,12,14-15H2/p+2. The first-order valence-electron chi connectivity index (χ1n) is 9.76. The largest absolute Gasteiger partial charge is 0.454 e. The Morgan fingerprint density at radius 2 is 1.75 bits per heavy atom. The smallest absolute Gasteiger partial charge is 0.265 e. The summed E-state index contributed by atoms with van der Waals surface area (Å²) >= 11 is 0. The minimum atomic E-state index is 0.0493. The third-order valence-electron chi connectivity index (χ3n) is 5.68. The summed E-state index contributed by atoms with van der Waals surface area (Å²) in [6, 6.07) is 13.7. The lowest BCUT2D eigenvalue weighted by Crippen LogP contribution is -3.27. The molecule has 0 spiro atoms. The van der Waals surface area contributed by atoms with Gasteiger partial charge in [-0.2, -0.15) is 0 Å². The Morgan fingerprint density at radius 3 is 2.64 bits per heavy atom. The molecule has 0 saturated carbocycles. The summed E-state index contributed by atoms with van der Waals surface area (Å²) in [5.41, 5.74) is 2.09. The Morgan fingerprint density at radius 1 is 0.964 bits per heavy atom. The lowest BCUT2D eigenvalue weighted by Gasteiger charge is -2.30.